The van der Waals surface area contributed by atoms with Crippen molar-refractivity contribution in [2.75, 3.05) is 5.32 Å². The molecule has 6 nitrogen and oxygen atoms in total. The first-order valence-electron chi connectivity index (χ1n) is 7.42. The van der Waals surface area contributed by atoms with Gasteiger partial charge in [0.2, 0.25) is 5.91 Å². The Morgan fingerprint density at radius 1 is 1.17 bits per heavy atom. The van der Waals surface area contributed by atoms with Gasteiger partial charge in [-0.1, -0.05) is 17.7 Å². The summed E-state index contributed by atoms with van der Waals surface area (Å²) in [6, 6.07) is 6.61. The normalized spacial score (nSPS) is 11.0. The van der Waals surface area contributed by atoms with Gasteiger partial charge in [0.05, 0.1) is 6.42 Å². The lowest BCUT2D eigenvalue weighted by Gasteiger charge is -2.20. The summed E-state index contributed by atoms with van der Waals surface area (Å²) in [5.74, 6) is -0.549. The zero-order chi connectivity index (χ0) is 17.7. The SMILES string of the molecule is CC(C)(C)NC(=O)c1cc(NC(=O)Cc2cccnc2Cl)ccn1. The number of halogens is 1. The van der Waals surface area contributed by atoms with E-state index in [0.29, 0.717) is 16.4 Å². The highest BCUT2D eigenvalue weighted by atomic mass is 35.5. The van der Waals surface area contributed by atoms with Crippen LogP contribution in [0.4, 0.5) is 5.69 Å². The van der Waals surface area contributed by atoms with Crippen LogP contribution in [-0.2, 0) is 11.2 Å². The third kappa shape index (κ3) is 5.31. The van der Waals surface area contributed by atoms with E-state index in [-0.39, 0.29) is 29.5 Å². The van der Waals surface area contributed by atoms with E-state index < -0.39 is 0 Å². The molecule has 2 N–H and O–H groups in total. The molecule has 2 aromatic heterocycles. The number of aromatic nitrogens is 2. The van der Waals surface area contributed by atoms with E-state index in [1.54, 1.807) is 24.4 Å². The second-order valence-electron chi connectivity index (χ2n) is 6.31. The number of hydrogen-bond acceptors (Lipinski definition) is 4. The molecule has 2 aromatic rings. The number of rotatable bonds is 4. The molecule has 0 aliphatic heterocycles. The minimum absolute atomic E-state index is 0.0958. The molecule has 0 aromatic carbocycles. The van der Waals surface area contributed by atoms with E-state index in [9.17, 15) is 9.59 Å². The van der Waals surface area contributed by atoms with Crippen molar-refractivity contribution >= 4 is 29.1 Å². The lowest BCUT2D eigenvalue weighted by molar-refractivity contribution is -0.115. The average Bonchev–Trinajstić information content (AvgIpc) is 2.48. The Labute approximate surface area is 145 Å². The first-order valence-corrected chi connectivity index (χ1v) is 7.80. The molecule has 24 heavy (non-hydrogen) atoms. The van der Waals surface area contributed by atoms with Crippen molar-refractivity contribution in [1.29, 1.82) is 0 Å². The van der Waals surface area contributed by atoms with Gasteiger partial charge in [-0.2, -0.15) is 0 Å². The molecule has 0 unspecified atom stereocenters. The minimum Gasteiger partial charge on any atom is -0.346 e. The molecule has 7 heteroatoms. The van der Waals surface area contributed by atoms with Crippen molar-refractivity contribution in [1.82, 2.24) is 15.3 Å². The van der Waals surface area contributed by atoms with E-state index >= 15 is 0 Å². The van der Waals surface area contributed by atoms with E-state index in [4.69, 9.17) is 11.6 Å². The molecule has 0 fully saturated rings. The first kappa shape index (κ1) is 17.9. The Hall–Kier alpha value is -2.47. The third-order valence-electron chi connectivity index (χ3n) is 2.95. The fraction of sp³-hybridized carbons (Fsp3) is 0.294. The van der Waals surface area contributed by atoms with Gasteiger partial charge in [0.25, 0.3) is 5.91 Å². The van der Waals surface area contributed by atoms with Crippen molar-refractivity contribution < 1.29 is 9.59 Å². The molecule has 0 bridgehead atoms. The van der Waals surface area contributed by atoms with Crippen molar-refractivity contribution in [2.45, 2.75) is 32.7 Å². The lowest BCUT2D eigenvalue weighted by atomic mass is 10.1. The number of anilines is 1. The molecule has 0 spiro atoms. The fourth-order valence-corrected chi connectivity index (χ4v) is 2.15. The molecule has 0 aliphatic rings. The molecular formula is C17H19ClN4O2. The van der Waals surface area contributed by atoms with Crippen LogP contribution in [0.1, 0.15) is 36.8 Å². The molecule has 126 valence electrons. The fourth-order valence-electron chi connectivity index (χ4n) is 1.97. The summed E-state index contributed by atoms with van der Waals surface area (Å²) in [6.07, 6.45) is 3.13. The maximum Gasteiger partial charge on any atom is 0.270 e. The quantitative estimate of drug-likeness (QED) is 0.834. The zero-order valence-electron chi connectivity index (χ0n) is 13.8. The third-order valence-corrected chi connectivity index (χ3v) is 3.29. The molecule has 2 heterocycles. The molecule has 0 saturated carbocycles. The van der Waals surface area contributed by atoms with Crippen LogP contribution >= 0.6 is 11.6 Å². The Bertz CT molecular complexity index is 756. The topological polar surface area (TPSA) is 84.0 Å². The predicted octanol–water partition coefficient (Wildman–Crippen LogP) is 2.84. The predicted molar refractivity (Wildman–Crippen MR) is 93.0 cm³/mol. The summed E-state index contributed by atoms with van der Waals surface area (Å²) < 4.78 is 0. The summed E-state index contributed by atoms with van der Waals surface area (Å²) in [7, 11) is 0. The summed E-state index contributed by atoms with van der Waals surface area (Å²) in [5.41, 5.74) is 1.00. The summed E-state index contributed by atoms with van der Waals surface area (Å²) in [5, 5.41) is 5.85. The molecular weight excluding hydrogens is 328 g/mol. The van der Waals surface area contributed by atoms with Crippen LogP contribution in [0.15, 0.2) is 36.7 Å². The molecule has 0 saturated heterocycles. The number of amides is 2. The average molecular weight is 347 g/mol. The molecule has 0 aliphatic carbocycles. The molecule has 0 atom stereocenters. The number of carbonyl (C=O) groups excluding carboxylic acids is 2. The Balaban J connectivity index is 2.05. The second-order valence-corrected chi connectivity index (χ2v) is 6.67. The van der Waals surface area contributed by atoms with Gasteiger partial charge in [0, 0.05) is 23.6 Å². The molecule has 2 rings (SSSR count). The number of nitrogens with one attached hydrogen (secondary N) is 2. The lowest BCUT2D eigenvalue weighted by Crippen LogP contribution is -2.40. The van der Waals surface area contributed by atoms with Crippen molar-refractivity contribution in [3.63, 3.8) is 0 Å². The number of pyridine rings is 2. The van der Waals surface area contributed by atoms with Crippen LogP contribution < -0.4 is 10.6 Å². The zero-order valence-corrected chi connectivity index (χ0v) is 14.5. The van der Waals surface area contributed by atoms with Gasteiger partial charge in [-0.05, 0) is 44.5 Å². The Morgan fingerprint density at radius 2 is 1.92 bits per heavy atom. The van der Waals surface area contributed by atoms with Crippen LogP contribution in [0.2, 0.25) is 5.15 Å². The van der Waals surface area contributed by atoms with Gasteiger partial charge >= 0.3 is 0 Å². The van der Waals surface area contributed by atoms with Crippen LogP contribution in [0, 0.1) is 0 Å². The summed E-state index contributed by atoms with van der Waals surface area (Å²) in [4.78, 5) is 32.2. The summed E-state index contributed by atoms with van der Waals surface area (Å²) >= 11 is 5.95. The highest BCUT2D eigenvalue weighted by Crippen LogP contribution is 2.14. The van der Waals surface area contributed by atoms with E-state index in [2.05, 4.69) is 20.6 Å². The monoisotopic (exact) mass is 346 g/mol. The molecule has 0 radical (unpaired) electrons. The standard InChI is InChI=1S/C17H19ClN4O2/c1-17(2,3)22-16(24)13-10-12(6-8-19-13)21-14(23)9-11-5-4-7-20-15(11)18/h4-8,10H,9H2,1-3H3,(H,22,24)(H,19,21,23). The number of nitrogens with zero attached hydrogens (tertiary/aromatic N) is 2. The van der Waals surface area contributed by atoms with Gasteiger partial charge in [-0.25, -0.2) is 4.98 Å². The second kappa shape index (κ2) is 7.40. The Kier molecular flexibility index (Phi) is 5.51. The van der Waals surface area contributed by atoms with E-state index in [1.807, 2.05) is 20.8 Å². The highest BCUT2D eigenvalue weighted by Gasteiger charge is 2.17. The summed E-state index contributed by atoms with van der Waals surface area (Å²) in [6.45, 7) is 5.65. The number of carbonyl (C=O) groups is 2. The van der Waals surface area contributed by atoms with Gasteiger partial charge in [-0.3, -0.25) is 14.6 Å². The van der Waals surface area contributed by atoms with Crippen LogP contribution in [0.25, 0.3) is 0 Å². The maximum absolute atomic E-state index is 12.1. The van der Waals surface area contributed by atoms with E-state index in [1.165, 1.54) is 12.3 Å². The smallest absolute Gasteiger partial charge is 0.270 e. The van der Waals surface area contributed by atoms with E-state index in [0.717, 1.165) is 0 Å². The van der Waals surface area contributed by atoms with Gasteiger partial charge < -0.3 is 10.6 Å². The Morgan fingerprint density at radius 3 is 2.58 bits per heavy atom. The highest BCUT2D eigenvalue weighted by molar-refractivity contribution is 6.30. The van der Waals surface area contributed by atoms with Crippen LogP contribution in [0.5, 0.6) is 0 Å². The number of hydrogen-bond donors (Lipinski definition) is 2. The first-order chi connectivity index (χ1) is 11.2. The molecule has 2 amide bonds. The van der Waals surface area contributed by atoms with Gasteiger partial charge in [-0.15, -0.1) is 0 Å². The maximum atomic E-state index is 12.1. The van der Waals surface area contributed by atoms with Crippen molar-refractivity contribution in [3.8, 4) is 0 Å². The van der Waals surface area contributed by atoms with Crippen molar-refractivity contribution in [3.05, 3.63) is 53.1 Å². The van der Waals surface area contributed by atoms with Crippen molar-refractivity contribution in [2.24, 2.45) is 0 Å². The van der Waals surface area contributed by atoms with Gasteiger partial charge in [0.15, 0.2) is 0 Å². The largest absolute Gasteiger partial charge is 0.346 e. The van der Waals surface area contributed by atoms with Crippen LogP contribution in [-0.4, -0.2) is 27.3 Å². The van der Waals surface area contributed by atoms with Crippen LogP contribution in [0.3, 0.4) is 0 Å². The minimum atomic E-state index is -0.366. The van der Waals surface area contributed by atoms with Gasteiger partial charge in [0.1, 0.15) is 10.8 Å².